The van der Waals surface area contributed by atoms with E-state index in [0.29, 0.717) is 11.5 Å². The lowest BCUT2D eigenvalue weighted by Crippen LogP contribution is -2.21. The predicted octanol–water partition coefficient (Wildman–Crippen LogP) is 1.60. The summed E-state index contributed by atoms with van der Waals surface area (Å²) in [5.74, 6) is -1.09. The standard InChI is InChI=1S/C10H10O5/c1-10(13-4-5-14-10)8-3-2-7(15-8)6-9(11)12/h2-5H,6H2,1H3,(H,11,12). The van der Waals surface area contributed by atoms with Gasteiger partial charge in [-0.1, -0.05) is 0 Å². The van der Waals surface area contributed by atoms with Crippen molar-refractivity contribution in [3.8, 4) is 0 Å². The average molecular weight is 210 g/mol. The average Bonchev–Trinajstić information content (AvgIpc) is 2.74. The first-order valence-corrected chi connectivity index (χ1v) is 4.42. The Morgan fingerprint density at radius 3 is 2.67 bits per heavy atom. The van der Waals surface area contributed by atoms with Gasteiger partial charge in [0.05, 0.1) is 0 Å². The number of carboxylic acids is 1. The molecule has 15 heavy (non-hydrogen) atoms. The number of ether oxygens (including phenoxy) is 2. The molecule has 1 aliphatic rings. The van der Waals surface area contributed by atoms with Gasteiger partial charge < -0.3 is 19.0 Å². The van der Waals surface area contributed by atoms with Crippen LogP contribution in [0.1, 0.15) is 18.4 Å². The Morgan fingerprint density at radius 1 is 1.40 bits per heavy atom. The van der Waals surface area contributed by atoms with Crippen LogP contribution >= 0.6 is 0 Å². The molecule has 1 aromatic heterocycles. The summed E-state index contributed by atoms with van der Waals surface area (Å²) >= 11 is 0. The van der Waals surface area contributed by atoms with Crippen molar-refractivity contribution >= 4 is 5.97 Å². The molecule has 5 heteroatoms. The zero-order valence-electron chi connectivity index (χ0n) is 8.10. The van der Waals surface area contributed by atoms with Crippen molar-refractivity contribution in [2.75, 3.05) is 0 Å². The van der Waals surface area contributed by atoms with Gasteiger partial charge in [0.1, 0.15) is 24.7 Å². The van der Waals surface area contributed by atoms with Gasteiger partial charge in [0.15, 0.2) is 5.76 Å². The van der Waals surface area contributed by atoms with Crippen LogP contribution in [0, 0.1) is 0 Å². The minimum Gasteiger partial charge on any atom is -0.481 e. The van der Waals surface area contributed by atoms with Crippen LogP contribution in [0.5, 0.6) is 0 Å². The van der Waals surface area contributed by atoms with Crippen LogP contribution in [0.3, 0.4) is 0 Å². The van der Waals surface area contributed by atoms with E-state index in [1.54, 1.807) is 19.1 Å². The van der Waals surface area contributed by atoms with Crippen LogP contribution in [0.2, 0.25) is 0 Å². The molecule has 80 valence electrons. The van der Waals surface area contributed by atoms with Gasteiger partial charge >= 0.3 is 11.8 Å². The van der Waals surface area contributed by atoms with E-state index in [-0.39, 0.29) is 6.42 Å². The lowest BCUT2D eigenvalue weighted by molar-refractivity contribution is -0.148. The smallest absolute Gasteiger partial charge is 0.311 e. The molecule has 1 aliphatic heterocycles. The molecule has 0 amide bonds. The molecule has 0 atom stereocenters. The molecule has 0 saturated carbocycles. The highest BCUT2D eigenvalue weighted by atomic mass is 16.7. The minimum atomic E-state index is -0.975. The van der Waals surface area contributed by atoms with E-state index in [2.05, 4.69) is 0 Å². The highest BCUT2D eigenvalue weighted by Crippen LogP contribution is 2.32. The third-order valence-corrected chi connectivity index (χ3v) is 2.08. The summed E-state index contributed by atoms with van der Waals surface area (Å²) in [7, 11) is 0. The Morgan fingerprint density at radius 2 is 2.07 bits per heavy atom. The number of carbonyl (C=O) groups is 1. The van der Waals surface area contributed by atoms with E-state index in [1.165, 1.54) is 12.5 Å². The van der Waals surface area contributed by atoms with Crippen molar-refractivity contribution in [3.63, 3.8) is 0 Å². The first-order chi connectivity index (χ1) is 7.10. The number of hydrogen-bond donors (Lipinski definition) is 1. The summed E-state index contributed by atoms with van der Waals surface area (Å²) in [6.07, 6.45) is 2.68. The largest absolute Gasteiger partial charge is 0.481 e. The molecule has 0 aromatic carbocycles. The van der Waals surface area contributed by atoms with E-state index >= 15 is 0 Å². The van der Waals surface area contributed by atoms with Crippen molar-refractivity contribution in [1.29, 1.82) is 0 Å². The quantitative estimate of drug-likeness (QED) is 0.820. The topological polar surface area (TPSA) is 68.9 Å². The van der Waals surface area contributed by atoms with Gasteiger partial charge in [0, 0.05) is 6.92 Å². The first-order valence-electron chi connectivity index (χ1n) is 4.42. The zero-order chi connectivity index (χ0) is 10.9. The van der Waals surface area contributed by atoms with Crippen molar-refractivity contribution in [3.05, 3.63) is 36.2 Å². The van der Waals surface area contributed by atoms with Gasteiger partial charge in [0.25, 0.3) is 0 Å². The summed E-state index contributed by atoms with van der Waals surface area (Å²) in [4.78, 5) is 10.4. The Labute approximate surface area is 85.9 Å². The molecule has 5 nitrogen and oxygen atoms in total. The van der Waals surface area contributed by atoms with Crippen LogP contribution in [0.4, 0.5) is 0 Å². The Bertz CT molecular complexity index is 396. The molecule has 2 rings (SSSR count). The maximum atomic E-state index is 10.4. The lowest BCUT2D eigenvalue weighted by Gasteiger charge is -2.19. The first kappa shape index (κ1) is 9.64. The number of rotatable bonds is 3. The van der Waals surface area contributed by atoms with Crippen LogP contribution in [-0.2, 0) is 26.5 Å². The molecule has 2 heterocycles. The Kier molecular flexibility index (Phi) is 2.15. The van der Waals surface area contributed by atoms with Gasteiger partial charge in [0.2, 0.25) is 0 Å². The fourth-order valence-electron chi connectivity index (χ4n) is 1.33. The van der Waals surface area contributed by atoms with E-state index in [1.807, 2.05) is 0 Å². The van der Waals surface area contributed by atoms with Crippen LogP contribution < -0.4 is 0 Å². The molecule has 0 bridgehead atoms. The highest BCUT2D eigenvalue weighted by Gasteiger charge is 2.35. The van der Waals surface area contributed by atoms with Gasteiger partial charge in [-0.05, 0) is 12.1 Å². The molecule has 0 unspecified atom stereocenters. The van der Waals surface area contributed by atoms with E-state index in [9.17, 15) is 4.79 Å². The fraction of sp³-hybridized carbons (Fsp3) is 0.300. The monoisotopic (exact) mass is 210 g/mol. The maximum absolute atomic E-state index is 10.4. The van der Waals surface area contributed by atoms with E-state index < -0.39 is 11.8 Å². The molecular formula is C10H10O5. The van der Waals surface area contributed by atoms with Crippen molar-refractivity contribution in [2.24, 2.45) is 0 Å². The summed E-state index contributed by atoms with van der Waals surface area (Å²) < 4.78 is 15.7. The van der Waals surface area contributed by atoms with Crippen LogP contribution in [0.25, 0.3) is 0 Å². The lowest BCUT2D eigenvalue weighted by atomic mass is 10.2. The van der Waals surface area contributed by atoms with E-state index in [4.69, 9.17) is 19.0 Å². The fourth-order valence-corrected chi connectivity index (χ4v) is 1.33. The normalized spacial score (nSPS) is 17.1. The molecular weight excluding hydrogens is 200 g/mol. The SMILES string of the molecule is CC1(c2ccc(CC(=O)O)o2)OC=CO1. The third-order valence-electron chi connectivity index (χ3n) is 2.08. The zero-order valence-corrected chi connectivity index (χ0v) is 8.10. The Hall–Kier alpha value is -1.91. The van der Waals surface area contributed by atoms with E-state index in [0.717, 1.165) is 0 Å². The molecule has 0 fully saturated rings. The maximum Gasteiger partial charge on any atom is 0.311 e. The minimum absolute atomic E-state index is 0.149. The molecule has 0 spiro atoms. The van der Waals surface area contributed by atoms with Gasteiger partial charge in [-0.15, -0.1) is 0 Å². The molecule has 0 radical (unpaired) electrons. The number of furan rings is 1. The summed E-state index contributed by atoms with van der Waals surface area (Å²) in [6.45, 7) is 1.69. The van der Waals surface area contributed by atoms with Gasteiger partial charge in [-0.25, -0.2) is 0 Å². The van der Waals surface area contributed by atoms with Gasteiger partial charge in [-0.3, -0.25) is 4.79 Å². The molecule has 0 saturated heterocycles. The predicted molar refractivity (Wildman–Crippen MR) is 48.7 cm³/mol. The Balaban J connectivity index is 2.16. The summed E-state index contributed by atoms with van der Waals surface area (Å²) in [6, 6.07) is 3.24. The van der Waals surface area contributed by atoms with Crippen LogP contribution in [0.15, 0.2) is 29.1 Å². The van der Waals surface area contributed by atoms with Crippen molar-refractivity contribution < 1.29 is 23.8 Å². The van der Waals surface area contributed by atoms with Crippen molar-refractivity contribution in [2.45, 2.75) is 19.1 Å². The second kappa shape index (κ2) is 3.34. The van der Waals surface area contributed by atoms with Gasteiger partial charge in [-0.2, -0.15) is 0 Å². The molecule has 0 aliphatic carbocycles. The van der Waals surface area contributed by atoms with Crippen molar-refractivity contribution in [1.82, 2.24) is 0 Å². The molecule has 1 N–H and O–H groups in total. The summed E-state index contributed by atoms with van der Waals surface area (Å²) in [5, 5.41) is 8.57. The van der Waals surface area contributed by atoms with Crippen LogP contribution in [-0.4, -0.2) is 11.1 Å². The highest BCUT2D eigenvalue weighted by molar-refractivity contribution is 5.69. The number of aliphatic carboxylic acids is 1. The summed E-state index contributed by atoms with van der Waals surface area (Å²) in [5.41, 5.74) is 0. The third kappa shape index (κ3) is 1.81. The molecule has 1 aromatic rings. The second-order valence-electron chi connectivity index (χ2n) is 3.29. The number of carboxylic acid groups (broad SMARTS) is 1. The second-order valence-corrected chi connectivity index (χ2v) is 3.29. The number of hydrogen-bond acceptors (Lipinski definition) is 4.